The molecule has 7 heteroatoms. The van der Waals surface area contributed by atoms with Crippen molar-refractivity contribution < 1.29 is 9.53 Å². The van der Waals surface area contributed by atoms with Gasteiger partial charge in [-0.3, -0.25) is 9.59 Å². The summed E-state index contributed by atoms with van der Waals surface area (Å²) in [6, 6.07) is 14.8. The van der Waals surface area contributed by atoms with Gasteiger partial charge in [0.15, 0.2) is 5.82 Å². The molecule has 1 aliphatic rings. The first-order valence-electron chi connectivity index (χ1n) is 10.4. The van der Waals surface area contributed by atoms with E-state index in [2.05, 4.69) is 10.3 Å². The molecule has 0 radical (unpaired) electrons. The topological polar surface area (TPSA) is 76.5 Å². The minimum Gasteiger partial charge on any atom is -0.494 e. The zero-order valence-corrected chi connectivity index (χ0v) is 17.1. The Morgan fingerprint density at radius 1 is 1.10 bits per heavy atom. The van der Waals surface area contributed by atoms with E-state index in [-0.39, 0.29) is 17.9 Å². The third kappa shape index (κ3) is 4.30. The van der Waals surface area contributed by atoms with Crippen molar-refractivity contribution in [3.05, 3.63) is 58.9 Å². The van der Waals surface area contributed by atoms with Crippen LogP contribution in [-0.2, 0) is 11.3 Å². The fourth-order valence-electron chi connectivity index (χ4n) is 3.77. The molecule has 1 saturated heterocycles. The lowest BCUT2D eigenvalue weighted by molar-refractivity contribution is -0.116. The van der Waals surface area contributed by atoms with Crippen LogP contribution in [0.3, 0.4) is 0 Å². The van der Waals surface area contributed by atoms with Crippen LogP contribution in [0.1, 0.15) is 26.2 Å². The van der Waals surface area contributed by atoms with Gasteiger partial charge in [0.05, 0.1) is 17.6 Å². The Hall–Kier alpha value is -3.35. The van der Waals surface area contributed by atoms with Crippen molar-refractivity contribution in [1.82, 2.24) is 9.55 Å². The molecule has 1 fully saturated rings. The Morgan fingerprint density at radius 2 is 1.83 bits per heavy atom. The largest absolute Gasteiger partial charge is 0.494 e. The van der Waals surface area contributed by atoms with Gasteiger partial charge >= 0.3 is 0 Å². The van der Waals surface area contributed by atoms with Crippen LogP contribution in [0.5, 0.6) is 5.75 Å². The van der Waals surface area contributed by atoms with Crippen LogP contribution in [0.4, 0.5) is 11.5 Å². The van der Waals surface area contributed by atoms with E-state index in [1.54, 1.807) is 4.57 Å². The summed E-state index contributed by atoms with van der Waals surface area (Å²) in [5, 5.41) is 2.88. The minimum atomic E-state index is -0.144. The van der Waals surface area contributed by atoms with E-state index in [4.69, 9.17) is 4.74 Å². The predicted octanol–water partition coefficient (Wildman–Crippen LogP) is 3.42. The van der Waals surface area contributed by atoms with E-state index in [1.807, 2.05) is 60.4 Å². The Labute approximate surface area is 175 Å². The van der Waals surface area contributed by atoms with Crippen molar-refractivity contribution >= 4 is 28.4 Å². The number of nitrogens with zero attached hydrogens (tertiary/aromatic N) is 3. The number of anilines is 2. The van der Waals surface area contributed by atoms with E-state index in [1.165, 1.54) is 0 Å². The Kier molecular flexibility index (Phi) is 5.97. The molecule has 30 heavy (non-hydrogen) atoms. The fourth-order valence-corrected chi connectivity index (χ4v) is 3.77. The second kappa shape index (κ2) is 8.98. The number of aromatic nitrogens is 2. The van der Waals surface area contributed by atoms with Crippen molar-refractivity contribution in [3.63, 3.8) is 0 Å². The molecule has 2 aromatic carbocycles. The Bertz CT molecular complexity index is 1090. The fraction of sp³-hybridized carbons (Fsp3) is 0.348. The number of para-hydroxylation sites is 2. The van der Waals surface area contributed by atoms with Gasteiger partial charge in [0.25, 0.3) is 5.56 Å². The molecule has 1 aromatic heterocycles. The highest BCUT2D eigenvalue weighted by Crippen LogP contribution is 2.19. The second-order valence-corrected chi connectivity index (χ2v) is 7.33. The van der Waals surface area contributed by atoms with Gasteiger partial charge in [-0.25, -0.2) is 4.98 Å². The van der Waals surface area contributed by atoms with Crippen molar-refractivity contribution in [2.75, 3.05) is 29.9 Å². The Morgan fingerprint density at radius 3 is 2.57 bits per heavy atom. The van der Waals surface area contributed by atoms with Crippen LogP contribution in [-0.4, -0.2) is 35.2 Å². The normalized spacial score (nSPS) is 13.6. The number of nitrogens with one attached hydrogen (secondary N) is 1. The smallest absolute Gasteiger partial charge is 0.294 e. The lowest BCUT2D eigenvalue weighted by Crippen LogP contribution is -2.32. The molecule has 2 heterocycles. The molecule has 0 spiro atoms. The van der Waals surface area contributed by atoms with E-state index >= 15 is 0 Å². The summed E-state index contributed by atoms with van der Waals surface area (Å²) in [7, 11) is 0. The van der Waals surface area contributed by atoms with Gasteiger partial charge in [0.1, 0.15) is 5.75 Å². The molecule has 0 unspecified atom stereocenters. The summed E-state index contributed by atoms with van der Waals surface area (Å²) in [6.07, 6.45) is 2.33. The minimum absolute atomic E-state index is 0.135. The molecule has 1 N–H and O–H groups in total. The average Bonchev–Trinajstić information content (AvgIpc) is 3.29. The third-order valence-electron chi connectivity index (χ3n) is 5.25. The average molecular weight is 406 g/mol. The molecule has 7 nitrogen and oxygen atoms in total. The van der Waals surface area contributed by atoms with Gasteiger partial charge < -0.3 is 19.5 Å². The maximum atomic E-state index is 13.2. The lowest BCUT2D eigenvalue weighted by atomic mass is 10.2. The number of hydrogen-bond acceptors (Lipinski definition) is 5. The summed E-state index contributed by atoms with van der Waals surface area (Å²) in [6.45, 7) is 4.51. The molecule has 0 saturated carbocycles. The molecule has 4 rings (SSSR count). The van der Waals surface area contributed by atoms with Crippen LogP contribution >= 0.6 is 0 Å². The number of carbonyl (C=O) groups excluding carboxylic acids is 1. The molecule has 0 atom stereocenters. The monoisotopic (exact) mass is 406 g/mol. The molecular formula is C23H26N4O3. The first-order valence-corrected chi connectivity index (χ1v) is 10.4. The second-order valence-electron chi connectivity index (χ2n) is 7.33. The SMILES string of the molecule is CCOc1ccc(NC(=O)CCn2c(=O)c(N3CCCC3)nc3ccccc32)cc1. The van der Waals surface area contributed by atoms with Crippen LogP contribution in [0.15, 0.2) is 53.3 Å². The van der Waals surface area contributed by atoms with E-state index in [0.29, 0.717) is 24.7 Å². The zero-order valence-electron chi connectivity index (χ0n) is 17.1. The maximum Gasteiger partial charge on any atom is 0.294 e. The highest BCUT2D eigenvalue weighted by Gasteiger charge is 2.20. The van der Waals surface area contributed by atoms with Gasteiger partial charge in [-0.2, -0.15) is 0 Å². The first kappa shape index (κ1) is 19.9. The van der Waals surface area contributed by atoms with E-state index in [0.717, 1.165) is 42.7 Å². The number of ether oxygens (including phenoxy) is 1. The molecule has 1 amide bonds. The third-order valence-corrected chi connectivity index (χ3v) is 5.25. The first-order chi connectivity index (χ1) is 14.7. The summed E-state index contributed by atoms with van der Waals surface area (Å²) in [5.74, 6) is 1.10. The molecule has 1 aliphatic heterocycles. The van der Waals surface area contributed by atoms with Gasteiger partial charge in [-0.05, 0) is 56.2 Å². The van der Waals surface area contributed by atoms with Gasteiger partial charge in [0.2, 0.25) is 5.91 Å². The van der Waals surface area contributed by atoms with Gasteiger partial charge in [0, 0.05) is 31.7 Å². The van der Waals surface area contributed by atoms with Crippen LogP contribution < -0.4 is 20.5 Å². The van der Waals surface area contributed by atoms with Crippen molar-refractivity contribution in [2.45, 2.75) is 32.7 Å². The quantitative estimate of drug-likeness (QED) is 0.651. The number of aryl methyl sites for hydroxylation is 1. The molecule has 0 aliphatic carbocycles. The number of benzene rings is 2. The lowest BCUT2D eigenvalue weighted by Gasteiger charge is -2.19. The summed E-state index contributed by atoms with van der Waals surface area (Å²) < 4.78 is 7.09. The highest BCUT2D eigenvalue weighted by molar-refractivity contribution is 5.90. The molecule has 156 valence electrons. The zero-order chi connectivity index (χ0) is 20.9. The van der Waals surface area contributed by atoms with Gasteiger partial charge in [-0.1, -0.05) is 12.1 Å². The summed E-state index contributed by atoms with van der Waals surface area (Å²) in [4.78, 5) is 32.3. The number of amides is 1. The number of hydrogen-bond donors (Lipinski definition) is 1. The van der Waals surface area contributed by atoms with Crippen molar-refractivity contribution in [3.8, 4) is 5.75 Å². The Balaban J connectivity index is 1.52. The number of fused-ring (bicyclic) bond motifs is 1. The molecule has 0 bridgehead atoms. The summed E-state index contributed by atoms with van der Waals surface area (Å²) in [5.41, 5.74) is 2.09. The molecular weight excluding hydrogens is 380 g/mol. The maximum absolute atomic E-state index is 13.2. The number of carbonyl (C=O) groups is 1. The highest BCUT2D eigenvalue weighted by atomic mass is 16.5. The van der Waals surface area contributed by atoms with Gasteiger partial charge in [-0.15, -0.1) is 0 Å². The standard InChI is InChI=1S/C23H26N4O3/c1-2-30-18-11-9-17(10-12-18)24-21(28)13-16-27-20-8-4-3-7-19(20)25-22(23(27)29)26-14-5-6-15-26/h3-4,7-12H,2,5-6,13-16H2,1H3,(H,24,28). The molecule has 3 aromatic rings. The number of rotatable bonds is 7. The van der Waals surface area contributed by atoms with Crippen molar-refractivity contribution in [2.24, 2.45) is 0 Å². The van der Waals surface area contributed by atoms with Crippen LogP contribution in [0, 0.1) is 0 Å². The summed E-state index contributed by atoms with van der Waals surface area (Å²) >= 11 is 0. The van der Waals surface area contributed by atoms with Crippen LogP contribution in [0.25, 0.3) is 11.0 Å². The van der Waals surface area contributed by atoms with Crippen LogP contribution in [0.2, 0.25) is 0 Å². The van der Waals surface area contributed by atoms with Crippen molar-refractivity contribution in [1.29, 1.82) is 0 Å². The van der Waals surface area contributed by atoms with E-state index < -0.39 is 0 Å². The predicted molar refractivity (Wildman–Crippen MR) is 118 cm³/mol. The van der Waals surface area contributed by atoms with E-state index in [9.17, 15) is 9.59 Å².